The van der Waals surface area contributed by atoms with Crippen molar-refractivity contribution in [3.05, 3.63) is 26.2 Å². The topological polar surface area (TPSA) is 62.7 Å². The summed E-state index contributed by atoms with van der Waals surface area (Å²) in [5.74, 6) is 1.37. The Labute approximate surface area is 160 Å². The molecule has 0 aromatic rings. The average molecular weight is 365 g/mol. The van der Waals surface area contributed by atoms with E-state index in [9.17, 15) is 5.11 Å². The summed E-state index contributed by atoms with van der Waals surface area (Å²) in [6.07, 6.45) is 6.50. The number of rotatable bonds is 4. The lowest BCUT2D eigenvalue weighted by molar-refractivity contribution is -0.703. The zero-order valence-electron chi connectivity index (χ0n) is 17.3. The van der Waals surface area contributed by atoms with Crippen molar-refractivity contribution in [3.63, 3.8) is 0 Å². The van der Waals surface area contributed by atoms with Gasteiger partial charge in [0, 0.05) is 18.3 Å². The molecule has 3 fully saturated rings. The Balaban J connectivity index is 1.96. The SMILES string of the molecule is C=C(C)[C@@H]1CC[C@](C)([C@H]2CC[C@](C)([NH2+][CH2-])[C@H]3CC[C@@](C)(O)[C@H]([NH2+][CH2-])[C@H]23)O1. The third-order valence-electron chi connectivity index (χ3n) is 8.23. The highest BCUT2D eigenvalue weighted by molar-refractivity contribution is 5.12. The van der Waals surface area contributed by atoms with E-state index in [0.29, 0.717) is 17.8 Å². The van der Waals surface area contributed by atoms with Crippen LogP contribution in [0.15, 0.2) is 12.2 Å². The molecular weight excluding hydrogens is 324 g/mol. The summed E-state index contributed by atoms with van der Waals surface area (Å²) >= 11 is 0. The molecule has 0 unspecified atom stereocenters. The zero-order valence-corrected chi connectivity index (χ0v) is 17.3. The highest BCUT2D eigenvalue weighted by Gasteiger charge is 2.61. The van der Waals surface area contributed by atoms with E-state index in [0.717, 1.165) is 44.1 Å². The minimum atomic E-state index is -0.677. The van der Waals surface area contributed by atoms with Crippen molar-refractivity contribution in [2.75, 3.05) is 0 Å². The average Bonchev–Trinajstić information content (AvgIpc) is 2.98. The van der Waals surface area contributed by atoms with Crippen molar-refractivity contribution in [2.45, 2.75) is 95.1 Å². The molecular formula is C22H40N2O2. The summed E-state index contributed by atoms with van der Waals surface area (Å²) in [6, 6.07) is 0.107. The Morgan fingerprint density at radius 2 is 1.73 bits per heavy atom. The molecule has 26 heavy (non-hydrogen) atoms. The van der Waals surface area contributed by atoms with Gasteiger partial charge in [-0.25, -0.2) is 0 Å². The molecule has 8 atom stereocenters. The fraction of sp³-hybridized carbons (Fsp3) is 0.818. The maximum Gasteiger partial charge on any atom is 0.111 e. The Morgan fingerprint density at radius 3 is 2.27 bits per heavy atom. The summed E-state index contributed by atoms with van der Waals surface area (Å²) in [5, 5.41) is 15.3. The molecule has 2 aliphatic carbocycles. The Morgan fingerprint density at radius 1 is 1.08 bits per heavy atom. The molecule has 0 bridgehead atoms. The summed E-state index contributed by atoms with van der Waals surface area (Å²) in [7, 11) is 8.31. The van der Waals surface area contributed by atoms with Crippen LogP contribution in [0.4, 0.5) is 0 Å². The second-order valence-corrected chi connectivity index (χ2v) is 10.0. The van der Waals surface area contributed by atoms with Crippen molar-refractivity contribution < 1.29 is 20.5 Å². The maximum atomic E-state index is 11.1. The van der Waals surface area contributed by atoms with Crippen LogP contribution in [0.3, 0.4) is 0 Å². The van der Waals surface area contributed by atoms with Crippen LogP contribution in [0.2, 0.25) is 0 Å². The first-order valence-corrected chi connectivity index (χ1v) is 10.4. The molecule has 0 amide bonds. The first-order chi connectivity index (χ1) is 12.1. The lowest BCUT2D eigenvalue weighted by atomic mass is 9.51. The van der Waals surface area contributed by atoms with Crippen molar-refractivity contribution in [2.24, 2.45) is 17.8 Å². The quantitative estimate of drug-likeness (QED) is 0.523. The number of fused-ring (bicyclic) bond motifs is 1. The Hall–Kier alpha value is -0.420. The van der Waals surface area contributed by atoms with Crippen molar-refractivity contribution in [1.29, 1.82) is 0 Å². The molecule has 4 nitrogen and oxygen atoms in total. The van der Waals surface area contributed by atoms with Crippen LogP contribution in [0.1, 0.15) is 66.2 Å². The predicted molar refractivity (Wildman–Crippen MR) is 104 cm³/mol. The van der Waals surface area contributed by atoms with E-state index in [-0.39, 0.29) is 23.3 Å². The van der Waals surface area contributed by atoms with Gasteiger partial charge in [-0.05, 0) is 65.7 Å². The largest absolute Gasteiger partial charge is 0.474 e. The van der Waals surface area contributed by atoms with Gasteiger partial charge in [0.05, 0.1) is 23.3 Å². The predicted octanol–water partition coefficient (Wildman–Crippen LogP) is 1.52. The fourth-order valence-electron chi connectivity index (χ4n) is 6.47. The molecule has 0 aromatic carbocycles. The third-order valence-corrected chi connectivity index (χ3v) is 8.23. The van der Waals surface area contributed by atoms with E-state index in [1.165, 1.54) is 0 Å². The molecule has 150 valence electrons. The van der Waals surface area contributed by atoms with Gasteiger partial charge >= 0.3 is 0 Å². The lowest BCUT2D eigenvalue weighted by Crippen LogP contribution is -2.98. The molecule has 4 heteroatoms. The van der Waals surface area contributed by atoms with Crippen LogP contribution < -0.4 is 10.6 Å². The molecule has 0 aromatic heterocycles. The van der Waals surface area contributed by atoms with Gasteiger partial charge in [-0.2, -0.15) is 14.1 Å². The van der Waals surface area contributed by atoms with Crippen LogP contribution in [0, 0.1) is 31.8 Å². The standard InChI is InChI=1S/C22H40N2O2/c1-14(2)17-10-13-22(5,26-17)16-8-11-20(3,24-7)15-9-12-21(4,25)19(23-6)18(15)16/h15-19,25H,1,6-13,23-24H2,2-5H3/t15-,16-,17-,18-,19+,20-,21+,22+/m0/s1. The van der Waals surface area contributed by atoms with Crippen molar-refractivity contribution in [1.82, 2.24) is 0 Å². The first-order valence-electron chi connectivity index (χ1n) is 10.4. The zero-order chi connectivity index (χ0) is 19.3. The van der Waals surface area contributed by atoms with Crippen LogP contribution >= 0.6 is 0 Å². The van der Waals surface area contributed by atoms with Gasteiger partial charge in [0.25, 0.3) is 0 Å². The minimum Gasteiger partial charge on any atom is -0.474 e. The van der Waals surface area contributed by atoms with Crippen LogP contribution in [-0.4, -0.2) is 34.0 Å². The number of hydrogen-bond donors (Lipinski definition) is 3. The van der Waals surface area contributed by atoms with Gasteiger partial charge in [0.1, 0.15) is 5.60 Å². The highest BCUT2D eigenvalue weighted by atomic mass is 16.5. The number of aliphatic hydroxyl groups is 1. The van der Waals surface area contributed by atoms with Gasteiger partial charge in [-0.1, -0.05) is 12.2 Å². The normalized spacial score (nSPS) is 51.9. The monoisotopic (exact) mass is 364 g/mol. The second-order valence-electron chi connectivity index (χ2n) is 10.0. The summed E-state index contributed by atoms with van der Waals surface area (Å²) in [5.41, 5.74) is 0.460. The molecule has 1 aliphatic heterocycles. The fourth-order valence-corrected chi connectivity index (χ4v) is 6.47. The molecule has 5 N–H and O–H groups in total. The van der Waals surface area contributed by atoms with E-state index >= 15 is 0 Å². The van der Waals surface area contributed by atoms with Gasteiger partial charge in [0.15, 0.2) is 0 Å². The Kier molecular flexibility index (Phi) is 5.37. The number of nitrogens with two attached hydrogens (primary N) is 2. The molecule has 0 spiro atoms. The molecule has 3 aliphatic rings. The second kappa shape index (κ2) is 6.88. The summed E-state index contributed by atoms with van der Waals surface area (Å²) in [6.45, 7) is 12.9. The van der Waals surface area contributed by atoms with Crippen LogP contribution in [-0.2, 0) is 4.74 Å². The van der Waals surface area contributed by atoms with E-state index in [4.69, 9.17) is 4.74 Å². The highest BCUT2D eigenvalue weighted by Crippen LogP contribution is 2.55. The van der Waals surface area contributed by atoms with E-state index in [2.05, 4.69) is 46.8 Å². The van der Waals surface area contributed by atoms with E-state index in [1.54, 1.807) is 0 Å². The van der Waals surface area contributed by atoms with Gasteiger partial charge in [-0.15, -0.1) is 0 Å². The molecule has 0 radical (unpaired) electrons. The number of ether oxygens (including phenoxy) is 1. The number of quaternary nitrogens is 2. The molecule has 2 saturated carbocycles. The Bertz CT molecular complexity index is 548. The van der Waals surface area contributed by atoms with Crippen LogP contribution in [0.25, 0.3) is 0 Å². The molecule has 3 rings (SSSR count). The number of hydrogen-bond acceptors (Lipinski definition) is 2. The van der Waals surface area contributed by atoms with E-state index < -0.39 is 5.60 Å². The van der Waals surface area contributed by atoms with Crippen LogP contribution in [0.5, 0.6) is 0 Å². The lowest BCUT2D eigenvalue weighted by Gasteiger charge is -2.59. The summed E-state index contributed by atoms with van der Waals surface area (Å²) < 4.78 is 6.62. The molecule has 1 saturated heterocycles. The van der Waals surface area contributed by atoms with Gasteiger partial charge in [-0.3, -0.25) is 0 Å². The minimum absolute atomic E-state index is 0.107. The smallest absolute Gasteiger partial charge is 0.111 e. The van der Waals surface area contributed by atoms with E-state index in [1.807, 2.05) is 12.2 Å². The summed E-state index contributed by atoms with van der Waals surface area (Å²) in [4.78, 5) is 0. The van der Waals surface area contributed by atoms with Gasteiger partial charge in [0.2, 0.25) is 0 Å². The van der Waals surface area contributed by atoms with Crippen molar-refractivity contribution >= 4 is 0 Å². The third kappa shape index (κ3) is 3.17. The van der Waals surface area contributed by atoms with Gasteiger partial charge < -0.3 is 20.5 Å². The first kappa shape index (κ1) is 20.3. The maximum absolute atomic E-state index is 11.1. The van der Waals surface area contributed by atoms with Crippen molar-refractivity contribution in [3.8, 4) is 0 Å². The molecule has 1 heterocycles.